The minimum atomic E-state index is 1.12. The van der Waals surface area contributed by atoms with Gasteiger partial charge in [0, 0.05) is 10.7 Å². The lowest BCUT2D eigenvalue weighted by molar-refractivity contribution is 1.33. The Balaban J connectivity index is 2.37. The summed E-state index contributed by atoms with van der Waals surface area (Å²) in [6, 6.07) is 0. The van der Waals surface area contributed by atoms with Crippen LogP contribution in [0, 0.1) is 0 Å². The van der Waals surface area contributed by atoms with Crippen LogP contribution in [0.15, 0.2) is 34.8 Å². The molecule has 46 valence electrons. The molecule has 1 aliphatic carbocycles. The highest BCUT2D eigenvalue weighted by Crippen LogP contribution is 2.34. The summed E-state index contributed by atoms with van der Waals surface area (Å²) in [5.41, 5.74) is 1.44. The topological polar surface area (TPSA) is 0 Å². The number of hydrogen-bond donors (Lipinski definition) is 0. The molecule has 0 aromatic carbocycles. The average molecular weight is 136 g/mol. The summed E-state index contributed by atoms with van der Waals surface area (Å²) < 4.78 is 0. The van der Waals surface area contributed by atoms with Gasteiger partial charge in [-0.3, -0.25) is 0 Å². The molecule has 0 unspecified atom stereocenters. The SMILES string of the molecule is C1=CC2=CCSC2=CC1. The van der Waals surface area contributed by atoms with Crippen LogP contribution in [-0.4, -0.2) is 5.75 Å². The summed E-state index contributed by atoms with van der Waals surface area (Å²) in [6.45, 7) is 0. The first kappa shape index (κ1) is 5.36. The van der Waals surface area contributed by atoms with Crippen LogP contribution >= 0.6 is 11.8 Å². The van der Waals surface area contributed by atoms with Crippen molar-refractivity contribution in [1.82, 2.24) is 0 Å². The summed E-state index contributed by atoms with van der Waals surface area (Å²) in [7, 11) is 0. The zero-order valence-corrected chi connectivity index (χ0v) is 5.95. The van der Waals surface area contributed by atoms with E-state index in [1.165, 1.54) is 16.2 Å². The molecule has 0 fully saturated rings. The van der Waals surface area contributed by atoms with E-state index in [-0.39, 0.29) is 0 Å². The summed E-state index contributed by atoms with van der Waals surface area (Å²) in [4.78, 5) is 1.48. The molecule has 1 heterocycles. The summed E-state index contributed by atoms with van der Waals surface area (Å²) in [5.74, 6) is 1.17. The van der Waals surface area contributed by atoms with Crippen molar-refractivity contribution >= 4 is 11.8 Å². The maximum Gasteiger partial charge on any atom is 0.0170 e. The van der Waals surface area contributed by atoms with E-state index in [9.17, 15) is 0 Å². The maximum atomic E-state index is 2.30. The van der Waals surface area contributed by atoms with Crippen LogP contribution in [0.2, 0.25) is 0 Å². The summed E-state index contributed by atoms with van der Waals surface area (Å²) in [6.07, 6.45) is 10.1. The second-order valence-electron chi connectivity index (χ2n) is 2.18. The smallest absolute Gasteiger partial charge is 0.0170 e. The predicted octanol–water partition coefficient (Wildman–Crippen LogP) is 2.50. The molecule has 1 aliphatic heterocycles. The number of fused-ring (bicyclic) bond motifs is 1. The highest BCUT2D eigenvalue weighted by atomic mass is 32.2. The number of rotatable bonds is 0. The van der Waals surface area contributed by atoms with Gasteiger partial charge in [0.25, 0.3) is 0 Å². The lowest BCUT2D eigenvalue weighted by atomic mass is 10.1. The molecule has 0 saturated carbocycles. The first-order valence-corrected chi connectivity index (χ1v) is 4.15. The molecule has 0 nitrogen and oxygen atoms in total. The van der Waals surface area contributed by atoms with Crippen LogP contribution < -0.4 is 0 Å². The van der Waals surface area contributed by atoms with Gasteiger partial charge in [0.2, 0.25) is 0 Å². The van der Waals surface area contributed by atoms with Crippen molar-refractivity contribution in [2.75, 3.05) is 5.75 Å². The van der Waals surface area contributed by atoms with Gasteiger partial charge in [-0.25, -0.2) is 0 Å². The van der Waals surface area contributed by atoms with Crippen LogP contribution in [0.4, 0.5) is 0 Å². The number of hydrogen-bond acceptors (Lipinski definition) is 1. The van der Waals surface area contributed by atoms with Crippen LogP contribution in [0.5, 0.6) is 0 Å². The monoisotopic (exact) mass is 136 g/mol. The van der Waals surface area contributed by atoms with Crippen LogP contribution in [-0.2, 0) is 0 Å². The Kier molecular flexibility index (Phi) is 1.23. The lowest BCUT2D eigenvalue weighted by Crippen LogP contribution is -1.80. The van der Waals surface area contributed by atoms with E-state index < -0.39 is 0 Å². The molecule has 0 radical (unpaired) electrons. The highest BCUT2D eigenvalue weighted by Gasteiger charge is 2.10. The van der Waals surface area contributed by atoms with Gasteiger partial charge in [-0.05, 0) is 12.0 Å². The maximum absolute atomic E-state index is 2.30. The van der Waals surface area contributed by atoms with Gasteiger partial charge in [0.1, 0.15) is 0 Å². The van der Waals surface area contributed by atoms with E-state index >= 15 is 0 Å². The van der Waals surface area contributed by atoms with Gasteiger partial charge in [-0.2, -0.15) is 0 Å². The molecule has 0 N–H and O–H groups in total. The quantitative estimate of drug-likeness (QED) is 0.493. The zero-order chi connectivity index (χ0) is 6.10. The number of allylic oxidation sites excluding steroid dienone is 4. The van der Waals surface area contributed by atoms with Crippen molar-refractivity contribution in [3.8, 4) is 0 Å². The van der Waals surface area contributed by atoms with Crippen LogP contribution in [0.25, 0.3) is 0 Å². The fraction of sp³-hybridized carbons (Fsp3) is 0.250. The molecule has 0 aromatic rings. The van der Waals surface area contributed by atoms with E-state index in [0.29, 0.717) is 0 Å². The fourth-order valence-electron chi connectivity index (χ4n) is 1.10. The molecule has 1 heteroatoms. The highest BCUT2D eigenvalue weighted by molar-refractivity contribution is 8.03. The summed E-state index contributed by atoms with van der Waals surface area (Å²) in [5, 5.41) is 0. The Bertz CT molecular complexity index is 209. The van der Waals surface area contributed by atoms with Crippen molar-refractivity contribution < 1.29 is 0 Å². The minimum absolute atomic E-state index is 1.12. The Hall–Kier alpha value is -0.430. The van der Waals surface area contributed by atoms with E-state index in [4.69, 9.17) is 0 Å². The molecule has 2 aliphatic rings. The van der Waals surface area contributed by atoms with E-state index in [2.05, 4.69) is 24.3 Å². The molecule has 0 spiro atoms. The van der Waals surface area contributed by atoms with Gasteiger partial charge in [-0.1, -0.05) is 24.3 Å². The number of thioether (sulfide) groups is 1. The Morgan fingerprint density at radius 3 is 3.22 bits per heavy atom. The average Bonchev–Trinajstić information content (AvgIpc) is 2.33. The van der Waals surface area contributed by atoms with Gasteiger partial charge in [-0.15, -0.1) is 11.8 Å². The van der Waals surface area contributed by atoms with Crippen molar-refractivity contribution in [2.24, 2.45) is 0 Å². The van der Waals surface area contributed by atoms with Crippen LogP contribution in [0.1, 0.15) is 6.42 Å². The first-order valence-electron chi connectivity index (χ1n) is 3.17. The van der Waals surface area contributed by atoms with Gasteiger partial charge in [0.05, 0.1) is 0 Å². The molecule has 0 saturated heterocycles. The van der Waals surface area contributed by atoms with Gasteiger partial charge < -0.3 is 0 Å². The predicted molar refractivity (Wildman–Crippen MR) is 42.4 cm³/mol. The second-order valence-corrected chi connectivity index (χ2v) is 3.24. The molecular formula is C8H8S. The molecule has 0 atom stereocenters. The van der Waals surface area contributed by atoms with Crippen molar-refractivity contribution in [1.29, 1.82) is 0 Å². The zero-order valence-electron chi connectivity index (χ0n) is 5.13. The van der Waals surface area contributed by atoms with E-state index in [0.717, 1.165) is 6.42 Å². The third-order valence-corrected chi connectivity index (χ3v) is 2.61. The fourth-order valence-corrected chi connectivity index (χ4v) is 2.08. The Morgan fingerprint density at radius 2 is 2.33 bits per heavy atom. The largest absolute Gasteiger partial charge is 0.122 e. The molecule has 0 bridgehead atoms. The second kappa shape index (κ2) is 2.07. The molecular weight excluding hydrogens is 128 g/mol. The van der Waals surface area contributed by atoms with Crippen LogP contribution in [0.3, 0.4) is 0 Å². The molecule has 0 aromatic heterocycles. The normalized spacial score (nSPS) is 23.1. The van der Waals surface area contributed by atoms with Crippen molar-refractivity contribution in [3.63, 3.8) is 0 Å². The van der Waals surface area contributed by atoms with Crippen molar-refractivity contribution in [2.45, 2.75) is 6.42 Å². The van der Waals surface area contributed by atoms with E-state index in [1.807, 2.05) is 11.8 Å². The summed E-state index contributed by atoms with van der Waals surface area (Å²) >= 11 is 1.94. The molecule has 9 heavy (non-hydrogen) atoms. The third kappa shape index (κ3) is 0.855. The van der Waals surface area contributed by atoms with E-state index in [1.54, 1.807) is 0 Å². The molecule has 2 rings (SSSR count). The standard InChI is InChI=1S/C8H8S/c1-2-4-8-7(3-1)5-6-9-8/h1,3-5H,2,6H2. The van der Waals surface area contributed by atoms with Gasteiger partial charge >= 0.3 is 0 Å². The first-order chi connectivity index (χ1) is 4.47. The lowest BCUT2D eigenvalue weighted by Gasteiger charge is -2.02. The third-order valence-electron chi connectivity index (χ3n) is 1.56. The Labute approximate surface area is 59.3 Å². The van der Waals surface area contributed by atoms with Gasteiger partial charge in [0.15, 0.2) is 0 Å². The molecule has 0 amide bonds. The minimum Gasteiger partial charge on any atom is -0.122 e. The van der Waals surface area contributed by atoms with Crippen molar-refractivity contribution in [3.05, 3.63) is 34.8 Å². The Morgan fingerprint density at radius 1 is 1.33 bits per heavy atom.